The first kappa shape index (κ1) is 16.0. The number of carboxylic acids is 1. The largest absolute Gasteiger partial charge is 0.481 e. The third-order valence-corrected chi connectivity index (χ3v) is 3.19. The van der Waals surface area contributed by atoms with Gasteiger partial charge in [0.05, 0.1) is 0 Å². The molecule has 0 saturated heterocycles. The number of carbonyl (C=O) groups excluding carboxylic acids is 1. The fourth-order valence-corrected chi connectivity index (χ4v) is 1.90. The van der Waals surface area contributed by atoms with Crippen molar-refractivity contribution in [1.29, 1.82) is 0 Å². The quantitative estimate of drug-likeness (QED) is 0.520. The minimum Gasteiger partial charge on any atom is -0.481 e. The van der Waals surface area contributed by atoms with Crippen LogP contribution in [0.25, 0.3) is 0 Å². The molecule has 1 fully saturated rings. The highest BCUT2D eigenvalue weighted by Crippen LogP contribution is 2.28. The molecule has 0 radical (unpaired) electrons. The number of aliphatic carboxylic acids is 1. The van der Waals surface area contributed by atoms with Gasteiger partial charge < -0.3 is 15.2 Å². The van der Waals surface area contributed by atoms with Crippen molar-refractivity contribution in [2.24, 2.45) is 17.3 Å². The van der Waals surface area contributed by atoms with E-state index in [1.54, 1.807) is 20.8 Å². The zero-order valence-corrected chi connectivity index (χ0v) is 12.1. The molecule has 0 aromatic rings. The Morgan fingerprint density at radius 1 is 1.37 bits per heavy atom. The van der Waals surface area contributed by atoms with E-state index in [4.69, 9.17) is 9.84 Å². The third-order valence-electron chi connectivity index (χ3n) is 3.19. The highest BCUT2D eigenvalue weighted by atomic mass is 16.5. The van der Waals surface area contributed by atoms with E-state index in [1.807, 2.05) is 0 Å². The second-order valence-corrected chi connectivity index (χ2v) is 6.30. The van der Waals surface area contributed by atoms with Gasteiger partial charge in [-0.2, -0.15) is 0 Å². The normalized spacial score (nSPS) is 17.0. The Hall–Kier alpha value is -1.10. The second-order valence-electron chi connectivity index (χ2n) is 6.30. The number of ether oxygens (including phenoxy) is 1. The van der Waals surface area contributed by atoms with E-state index < -0.39 is 23.2 Å². The van der Waals surface area contributed by atoms with E-state index in [-0.39, 0.29) is 0 Å². The molecule has 2 N–H and O–H groups in total. The van der Waals surface area contributed by atoms with Gasteiger partial charge in [-0.25, -0.2) is 0 Å². The van der Waals surface area contributed by atoms with Crippen LogP contribution in [0.1, 0.15) is 40.0 Å². The van der Waals surface area contributed by atoms with Gasteiger partial charge >= 0.3 is 5.97 Å². The predicted octanol–water partition coefficient (Wildman–Crippen LogP) is 1.67. The van der Waals surface area contributed by atoms with Crippen LogP contribution >= 0.6 is 0 Å². The van der Waals surface area contributed by atoms with Gasteiger partial charge in [-0.15, -0.1) is 0 Å². The van der Waals surface area contributed by atoms with Crippen molar-refractivity contribution >= 4 is 11.9 Å². The fourth-order valence-electron chi connectivity index (χ4n) is 1.90. The molecule has 0 aromatic heterocycles. The molecule has 5 nitrogen and oxygen atoms in total. The maximum absolute atomic E-state index is 11.8. The van der Waals surface area contributed by atoms with Crippen LogP contribution < -0.4 is 5.32 Å². The summed E-state index contributed by atoms with van der Waals surface area (Å²) in [6, 6.07) is 0. The number of carboxylic acid groups (broad SMARTS) is 1. The molecule has 1 atom stereocenters. The molecule has 0 aromatic carbocycles. The monoisotopic (exact) mass is 271 g/mol. The number of hydrogen-bond donors (Lipinski definition) is 2. The van der Waals surface area contributed by atoms with Crippen molar-refractivity contribution in [3.8, 4) is 0 Å². The van der Waals surface area contributed by atoms with E-state index in [0.29, 0.717) is 13.2 Å². The third kappa shape index (κ3) is 6.05. The molecular weight excluding hydrogens is 246 g/mol. The number of carbonyl (C=O) groups is 2. The summed E-state index contributed by atoms with van der Waals surface area (Å²) in [7, 11) is 0. The van der Waals surface area contributed by atoms with Gasteiger partial charge in [0.15, 0.2) is 0 Å². The Morgan fingerprint density at radius 2 is 2.00 bits per heavy atom. The van der Waals surface area contributed by atoms with E-state index in [1.165, 1.54) is 12.8 Å². The first-order valence-corrected chi connectivity index (χ1v) is 6.90. The van der Waals surface area contributed by atoms with Crippen LogP contribution in [0.2, 0.25) is 0 Å². The minimum atomic E-state index is -1.07. The van der Waals surface area contributed by atoms with Crippen LogP contribution in [-0.4, -0.2) is 36.7 Å². The van der Waals surface area contributed by atoms with Gasteiger partial charge in [-0.05, 0) is 30.6 Å². The molecule has 1 saturated carbocycles. The maximum atomic E-state index is 11.8. The zero-order valence-electron chi connectivity index (χ0n) is 12.1. The van der Waals surface area contributed by atoms with Gasteiger partial charge in [0.2, 0.25) is 5.91 Å². The first-order valence-electron chi connectivity index (χ1n) is 6.90. The van der Waals surface area contributed by atoms with Gasteiger partial charge in [-0.1, -0.05) is 20.8 Å². The molecule has 1 aliphatic rings. The average Bonchev–Trinajstić information content (AvgIpc) is 3.04. The summed E-state index contributed by atoms with van der Waals surface area (Å²) in [6.45, 7) is 7.15. The Bertz CT molecular complexity index is 318. The highest BCUT2D eigenvalue weighted by molar-refractivity contribution is 5.97. The lowest BCUT2D eigenvalue weighted by molar-refractivity contribution is -0.151. The fraction of sp³-hybridized carbons (Fsp3) is 0.857. The first-order chi connectivity index (χ1) is 8.82. The van der Waals surface area contributed by atoms with Crippen molar-refractivity contribution in [1.82, 2.24) is 5.32 Å². The van der Waals surface area contributed by atoms with E-state index in [2.05, 4.69) is 5.32 Å². The highest BCUT2D eigenvalue weighted by Gasteiger charge is 2.37. The van der Waals surface area contributed by atoms with Gasteiger partial charge in [0, 0.05) is 19.8 Å². The maximum Gasteiger partial charge on any atom is 0.316 e. The lowest BCUT2D eigenvalue weighted by Crippen LogP contribution is -2.43. The van der Waals surface area contributed by atoms with Crippen LogP contribution in [0.5, 0.6) is 0 Å². The van der Waals surface area contributed by atoms with Crippen LogP contribution in [0, 0.1) is 17.3 Å². The summed E-state index contributed by atoms with van der Waals surface area (Å²) in [4.78, 5) is 23.0. The van der Waals surface area contributed by atoms with Crippen molar-refractivity contribution in [3.63, 3.8) is 0 Å². The molecule has 110 valence electrons. The molecular formula is C14H25NO4. The Kier molecular flexibility index (Phi) is 5.79. The minimum absolute atomic E-state index is 0.415. The summed E-state index contributed by atoms with van der Waals surface area (Å²) >= 11 is 0. The molecule has 5 heteroatoms. The summed E-state index contributed by atoms with van der Waals surface area (Å²) in [5, 5.41) is 11.8. The SMILES string of the molecule is CC(C)(C)C(C(=O)O)C(=O)NCCCOCC1CC1. The van der Waals surface area contributed by atoms with Crippen LogP contribution in [-0.2, 0) is 14.3 Å². The van der Waals surface area contributed by atoms with Gasteiger partial charge in [0.1, 0.15) is 5.92 Å². The topological polar surface area (TPSA) is 75.6 Å². The summed E-state index contributed by atoms with van der Waals surface area (Å²) in [5.41, 5.74) is -0.585. The van der Waals surface area contributed by atoms with Crippen LogP contribution in [0.4, 0.5) is 0 Å². The van der Waals surface area contributed by atoms with Crippen molar-refractivity contribution in [3.05, 3.63) is 0 Å². The Balaban J connectivity index is 2.18. The van der Waals surface area contributed by atoms with E-state index in [0.717, 1.165) is 18.9 Å². The number of hydrogen-bond acceptors (Lipinski definition) is 3. The van der Waals surface area contributed by atoms with Crippen molar-refractivity contribution < 1.29 is 19.4 Å². The smallest absolute Gasteiger partial charge is 0.316 e. The summed E-state index contributed by atoms with van der Waals surface area (Å²) < 4.78 is 5.45. The number of nitrogens with one attached hydrogen (secondary N) is 1. The lowest BCUT2D eigenvalue weighted by atomic mass is 9.80. The molecule has 0 aliphatic heterocycles. The van der Waals surface area contributed by atoms with Crippen molar-refractivity contribution in [2.75, 3.05) is 19.8 Å². The molecule has 1 aliphatic carbocycles. The number of amides is 1. The summed E-state index contributed by atoms with van der Waals surface area (Å²) in [5.74, 6) is -1.76. The van der Waals surface area contributed by atoms with Gasteiger partial charge in [-0.3, -0.25) is 9.59 Å². The van der Waals surface area contributed by atoms with Crippen molar-refractivity contribution in [2.45, 2.75) is 40.0 Å². The van der Waals surface area contributed by atoms with Crippen LogP contribution in [0.15, 0.2) is 0 Å². The molecule has 1 rings (SSSR count). The standard InChI is InChI=1S/C14H25NO4/c1-14(2,3)11(13(17)18)12(16)15-7-4-8-19-9-10-5-6-10/h10-11H,4-9H2,1-3H3,(H,15,16)(H,17,18). The second kappa shape index (κ2) is 6.89. The number of rotatable bonds is 8. The molecule has 1 amide bonds. The Labute approximate surface area is 114 Å². The Morgan fingerprint density at radius 3 is 2.47 bits per heavy atom. The molecule has 0 heterocycles. The predicted molar refractivity (Wildman–Crippen MR) is 71.8 cm³/mol. The van der Waals surface area contributed by atoms with E-state index >= 15 is 0 Å². The summed E-state index contributed by atoms with van der Waals surface area (Å²) in [6.07, 6.45) is 3.25. The zero-order chi connectivity index (χ0) is 14.5. The van der Waals surface area contributed by atoms with Gasteiger partial charge in [0.25, 0.3) is 0 Å². The molecule has 0 bridgehead atoms. The molecule has 1 unspecified atom stereocenters. The lowest BCUT2D eigenvalue weighted by Gasteiger charge is -2.25. The van der Waals surface area contributed by atoms with E-state index in [9.17, 15) is 9.59 Å². The average molecular weight is 271 g/mol. The molecule has 19 heavy (non-hydrogen) atoms. The van der Waals surface area contributed by atoms with Crippen LogP contribution in [0.3, 0.4) is 0 Å². The molecule has 0 spiro atoms.